The number of para-hydroxylation sites is 1. The number of benzene rings is 1. The number of nitrogens with zero attached hydrogens (tertiary/aromatic N) is 1. The molecule has 18 heavy (non-hydrogen) atoms. The van der Waals surface area contributed by atoms with Crippen molar-refractivity contribution in [3.63, 3.8) is 0 Å². The van der Waals surface area contributed by atoms with Crippen molar-refractivity contribution in [3.8, 4) is 0 Å². The molecule has 2 nitrogen and oxygen atoms in total. The van der Waals surface area contributed by atoms with Crippen molar-refractivity contribution in [2.75, 3.05) is 32.5 Å². The van der Waals surface area contributed by atoms with Gasteiger partial charge in [-0.15, -0.1) is 0 Å². The first-order chi connectivity index (χ1) is 8.38. The predicted molar refractivity (Wildman–Crippen MR) is 65.7 cm³/mol. The van der Waals surface area contributed by atoms with Crippen LogP contribution in [0.25, 0.3) is 0 Å². The van der Waals surface area contributed by atoms with Gasteiger partial charge in [-0.1, -0.05) is 12.1 Å². The molecule has 0 aromatic heterocycles. The lowest BCUT2D eigenvalue weighted by atomic mass is 9.91. The van der Waals surface area contributed by atoms with E-state index in [-0.39, 0.29) is 5.69 Å². The molecular formula is C13H17F3N2. The molecule has 0 saturated heterocycles. The zero-order chi connectivity index (χ0) is 13.3. The third-order valence-corrected chi connectivity index (χ3v) is 3.16. The van der Waals surface area contributed by atoms with E-state index in [0.717, 1.165) is 18.2 Å². The number of halogens is 3. The van der Waals surface area contributed by atoms with Crippen LogP contribution in [0.15, 0.2) is 18.2 Å². The topological polar surface area (TPSA) is 15.3 Å². The number of alkyl halides is 3. The standard InChI is InChI=1S/C13H17F3N2/c1-18(2)8-9-6-10-4-3-5-11(13(14,15)16)12(10)17-7-9/h3-5,9,17H,6-8H2,1-2H3. The van der Waals surface area contributed by atoms with Crippen molar-refractivity contribution < 1.29 is 13.2 Å². The monoisotopic (exact) mass is 258 g/mol. The minimum Gasteiger partial charge on any atom is -0.384 e. The fourth-order valence-corrected chi connectivity index (χ4v) is 2.49. The molecule has 0 aliphatic carbocycles. The molecule has 1 aliphatic heterocycles. The Hall–Kier alpha value is -1.23. The Morgan fingerprint density at radius 1 is 1.33 bits per heavy atom. The first kappa shape index (κ1) is 13.2. The zero-order valence-corrected chi connectivity index (χ0v) is 10.5. The molecule has 0 radical (unpaired) electrons. The van der Waals surface area contributed by atoms with E-state index in [2.05, 4.69) is 10.2 Å². The zero-order valence-electron chi connectivity index (χ0n) is 10.5. The van der Waals surface area contributed by atoms with E-state index in [1.807, 2.05) is 14.1 Å². The SMILES string of the molecule is CN(C)CC1CNc2c(cccc2C(F)(F)F)C1. The van der Waals surface area contributed by atoms with Crippen molar-refractivity contribution in [1.29, 1.82) is 0 Å². The molecule has 1 aliphatic rings. The normalized spacial score (nSPS) is 19.6. The molecule has 1 aromatic carbocycles. The van der Waals surface area contributed by atoms with Gasteiger partial charge in [-0.25, -0.2) is 0 Å². The number of anilines is 1. The number of fused-ring (bicyclic) bond motifs is 1. The molecule has 0 bridgehead atoms. The van der Waals surface area contributed by atoms with E-state index in [9.17, 15) is 13.2 Å². The Bertz CT molecular complexity index is 427. The third-order valence-electron chi connectivity index (χ3n) is 3.16. The second-order valence-corrected chi connectivity index (χ2v) is 5.05. The van der Waals surface area contributed by atoms with Crippen molar-refractivity contribution in [3.05, 3.63) is 29.3 Å². The van der Waals surface area contributed by atoms with Crippen LogP contribution >= 0.6 is 0 Å². The van der Waals surface area contributed by atoms with Crippen molar-refractivity contribution in [2.24, 2.45) is 5.92 Å². The lowest BCUT2D eigenvalue weighted by Crippen LogP contribution is -2.32. The van der Waals surface area contributed by atoms with Gasteiger partial charge in [0.2, 0.25) is 0 Å². The van der Waals surface area contributed by atoms with Crippen LogP contribution in [0.1, 0.15) is 11.1 Å². The maximum atomic E-state index is 12.8. The van der Waals surface area contributed by atoms with Crippen LogP contribution in [-0.2, 0) is 12.6 Å². The van der Waals surface area contributed by atoms with Gasteiger partial charge in [-0.2, -0.15) is 13.2 Å². The van der Waals surface area contributed by atoms with Crippen LogP contribution in [0.3, 0.4) is 0 Å². The summed E-state index contributed by atoms with van der Waals surface area (Å²) in [6.45, 7) is 1.47. The average molecular weight is 258 g/mol. The summed E-state index contributed by atoms with van der Waals surface area (Å²) >= 11 is 0. The van der Waals surface area contributed by atoms with Gasteiger partial charge in [0.1, 0.15) is 0 Å². The highest BCUT2D eigenvalue weighted by Crippen LogP contribution is 2.38. The molecule has 1 unspecified atom stereocenters. The summed E-state index contributed by atoms with van der Waals surface area (Å²) in [5.74, 6) is 0.357. The van der Waals surface area contributed by atoms with Gasteiger partial charge in [0, 0.05) is 18.8 Å². The van der Waals surface area contributed by atoms with E-state index in [4.69, 9.17) is 0 Å². The summed E-state index contributed by atoms with van der Waals surface area (Å²) in [5.41, 5.74) is 0.478. The van der Waals surface area contributed by atoms with Crippen LogP contribution in [-0.4, -0.2) is 32.1 Å². The van der Waals surface area contributed by atoms with E-state index < -0.39 is 11.7 Å². The Balaban J connectivity index is 2.25. The summed E-state index contributed by atoms with van der Waals surface area (Å²) < 4.78 is 38.5. The maximum Gasteiger partial charge on any atom is 0.418 e. The molecule has 0 amide bonds. The number of hydrogen-bond acceptors (Lipinski definition) is 2. The Morgan fingerprint density at radius 3 is 2.67 bits per heavy atom. The quantitative estimate of drug-likeness (QED) is 0.877. The van der Waals surface area contributed by atoms with Crippen molar-refractivity contribution >= 4 is 5.69 Å². The molecule has 0 saturated carbocycles. The second-order valence-electron chi connectivity index (χ2n) is 5.05. The van der Waals surface area contributed by atoms with Crippen LogP contribution < -0.4 is 5.32 Å². The second kappa shape index (κ2) is 4.80. The summed E-state index contributed by atoms with van der Waals surface area (Å²) in [4.78, 5) is 2.06. The molecule has 1 heterocycles. The van der Waals surface area contributed by atoms with Gasteiger partial charge in [-0.05, 0) is 38.1 Å². The molecule has 1 atom stereocenters. The minimum absolute atomic E-state index is 0.264. The van der Waals surface area contributed by atoms with Crippen molar-refractivity contribution in [2.45, 2.75) is 12.6 Å². The summed E-state index contributed by atoms with van der Waals surface area (Å²) in [7, 11) is 3.95. The summed E-state index contributed by atoms with van der Waals surface area (Å²) in [6, 6.07) is 4.40. The number of hydrogen-bond donors (Lipinski definition) is 1. The molecule has 5 heteroatoms. The van der Waals surface area contributed by atoms with Gasteiger partial charge in [-0.3, -0.25) is 0 Å². The van der Waals surface area contributed by atoms with Gasteiger partial charge < -0.3 is 10.2 Å². The molecule has 0 spiro atoms. The number of nitrogens with one attached hydrogen (secondary N) is 1. The summed E-state index contributed by atoms with van der Waals surface area (Å²) in [6.07, 6.45) is -3.59. The maximum absolute atomic E-state index is 12.8. The predicted octanol–water partition coefficient (Wildman–Crippen LogP) is 2.85. The Labute approximate surface area is 105 Å². The lowest BCUT2D eigenvalue weighted by molar-refractivity contribution is -0.137. The number of rotatable bonds is 2. The van der Waals surface area contributed by atoms with Gasteiger partial charge in [0.25, 0.3) is 0 Å². The van der Waals surface area contributed by atoms with Crippen molar-refractivity contribution in [1.82, 2.24) is 4.90 Å². The smallest absolute Gasteiger partial charge is 0.384 e. The Kier molecular flexibility index (Phi) is 3.52. The van der Waals surface area contributed by atoms with E-state index >= 15 is 0 Å². The first-order valence-corrected chi connectivity index (χ1v) is 5.95. The van der Waals surface area contributed by atoms with E-state index in [1.54, 1.807) is 6.07 Å². The third kappa shape index (κ3) is 2.77. The molecule has 2 rings (SSSR count). The molecule has 1 aromatic rings. The van der Waals surface area contributed by atoms with E-state index in [0.29, 0.717) is 18.9 Å². The van der Waals surface area contributed by atoms with Crippen LogP contribution in [0.5, 0.6) is 0 Å². The van der Waals surface area contributed by atoms with Gasteiger partial charge >= 0.3 is 6.18 Å². The van der Waals surface area contributed by atoms with Crippen LogP contribution in [0.2, 0.25) is 0 Å². The fraction of sp³-hybridized carbons (Fsp3) is 0.538. The molecule has 100 valence electrons. The minimum atomic E-state index is -4.28. The highest BCUT2D eigenvalue weighted by Gasteiger charge is 2.35. The van der Waals surface area contributed by atoms with E-state index in [1.165, 1.54) is 6.07 Å². The highest BCUT2D eigenvalue weighted by molar-refractivity contribution is 5.60. The molecule has 1 N–H and O–H groups in total. The van der Waals surface area contributed by atoms with Gasteiger partial charge in [0.15, 0.2) is 0 Å². The highest BCUT2D eigenvalue weighted by atomic mass is 19.4. The largest absolute Gasteiger partial charge is 0.418 e. The Morgan fingerprint density at radius 2 is 2.06 bits per heavy atom. The summed E-state index contributed by atoms with van der Waals surface area (Å²) in [5, 5.41) is 2.95. The van der Waals surface area contributed by atoms with Crippen LogP contribution in [0, 0.1) is 5.92 Å². The molecule has 0 fully saturated rings. The average Bonchev–Trinajstić information content (AvgIpc) is 2.25. The lowest BCUT2D eigenvalue weighted by Gasteiger charge is -2.30. The first-order valence-electron chi connectivity index (χ1n) is 5.95. The molecular weight excluding hydrogens is 241 g/mol. The fourth-order valence-electron chi connectivity index (χ4n) is 2.49. The van der Waals surface area contributed by atoms with Crippen LogP contribution in [0.4, 0.5) is 18.9 Å². The van der Waals surface area contributed by atoms with Gasteiger partial charge in [0.05, 0.1) is 5.56 Å².